The third-order valence-electron chi connectivity index (χ3n) is 4.00. The molecule has 170 valence electrons. The van der Waals surface area contributed by atoms with Crippen molar-refractivity contribution in [2.24, 2.45) is 0 Å². The second-order valence-corrected chi connectivity index (χ2v) is 7.87. The van der Waals surface area contributed by atoms with Crippen LogP contribution < -0.4 is 20.7 Å². The first-order valence-electron chi connectivity index (χ1n) is 10.1. The predicted octanol–water partition coefficient (Wildman–Crippen LogP) is 4.20. The molecule has 0 heterocycles. The van der Waals surface area contributed by atoms with Crippen molar-refractivity contribution < 1.29 is 23.9 Å². The summed E-state index contributed by atoms with van der Waals surface area (Å²) in [7, 11) is 1.58. The second-order valence-electron chi connectivity index (χ2n) is 7.87. The van der Waals surface area contributed by atoms with Crippen molar-refractivity contribution >= 4 is 35.4 Å². The average Bonchev–Trinajstić information content (AvgIpc) is 2.72. The largest absolute Gasteiger partial charge is 0.497 e. The van der Waals surface area contributed by atoms with E-state index in [4.69, 9.17) is 9.47 Å². The molecule has 0 fully saturated rings. The second kappa shape index (κ2) is 11.5. The number of anilines is 2. The van der Waals surface area contributed by atoms with Crippen molar-refractivity contribution in [1.29, 1.82) is 0 Å². The molecule has 3 N–H and O–H groups in total. The molecule has 8 nitrogen and oxygen atoms in total. The van der Waals surface area contributed by atoms with Gasteiger partial charge >= 0.3 is 6.09 Å². The summed E-state index contributed by atoms with van der Waals surface area (Å²) in [5, 5.41) is 8.03. The number of para-hydroxylation sites is 2. The number of ether oxygens (including phenoxy) is 2. The molecule has 2 aromatic carbocycles. The number of hydrogen-bond donors (Lipinski definition) is 3. The maximum atomic E-state index is 12.3. The smallest absolute Gasteiger partial charge is 0.407 e. The molecule has 0 aliphatic heterocycles. The van der Waals surface area contributed by atoms with Crippen LogP contribution in [0.25, 0.3) is 6.08 Å². The standard InChI is InChI=1S/C24H29N3O5/c1-24(2,3)32-23(30)25-15-14-22(29)27-20-11-6-5-10-19(20)26-21(28)13-12-17-8-7-9-18(16-17)31-4/h5-13,16H,14-15H2,1-4H3,(H,25,30)(H,26,28)(H,27,29)/b13-12+. The number of benzene rings is 2. The lowest BCUT2D eigenvalue weighted by atomic mass is 10.2. The van der Waals surface area contributed by atoms with E-state index in [0.29, 0.717) is 17.1 Å². The van der Waals surface area contributed by atoms with Crippen LogP contribution in [-0.4, -0.2) is 37.2 Å². The molecule has 2 rings (SSSR count). The number of alkyl carbamates (subject to hydrolysis) is 1. The first kappa shape index (κ1) is 24.5. The van der Waals surface area contributed by atoms with E-state index in [2.05, 4.69) is 16.0 Å². The summed E-state index contributed by atoms with van der Waals surface area (Å²) in [6.07, 6.45) is 2.54. The Morgan fingerprint density at radius 3 is 2.31 bits per heavy atom. The van der Waals surface area contributed by atoms with Crippen molar-refractivity contribution in [2.45, 2.75) is 32.8 Å². The average molecular weight is 440 g/mol. The Kier molecular flexibility index (Phi) is 8.83. The van der Waals surface area contributed by atoms with E-state index in [9.17, 15) is 14.4 Å². The zero-order valence-corrected chi connectivity index (χ0v) is 18.7. The number of carbonyl (C=O) groups is 3. The van der Waals surface area contributed by atoms with Gasteiger partial charge in [0.05, 0.1) is 18.5 Å². The highest BCUT2D eigenvalue weighted by Crippen LogP contribution is 2.21. The van der Waals surface area contributed by atoms with Crippen LogP contribution in [0.3, 0.4) is 0 Å². The number of rotatable bonds is 8. The molecule has 2 aromatic rings. The minimum absolute atomic E-state index is 0.0528. The maximum absolute atomic E-state index is 12.3. The quantitative estimate of drug-likeness (QED) is 0.535. The Morgan fingerprint density at radius 2 is 1.66 bits per heavy atom. The van der Waals surface area contributed by atoms with Gasteiger partial charge in [-0.1, -0.05) is 24.3 Å². The van der Waals surface area contributed by atoms with Gasteiger partial charge in [-0.05, 0) is 56.7 Å². The van der Waals surface area contributed by atoms with E-state index in [0.717, 1.165) is 5.56 Å². The molecule has 0 saturated heterocycles. The molecular formula is C24H29N3O5. The van der Waals surface area contributed by atoms with Gasteiger partial charge in [0.15, 0.2) is 0 Å². The highest BCUT2D eigenvalue weighted by atomic mass is 16.6. The summed E-state index contributed by atoms with van der Waals surface area (Å²) >= 11 is 0. The fourth-order valence-corrected chi connectivity index (χ4v) is 2.60. The van der Waals surface area contributed by atoms with Crippen molar-refractivity contribution in [1.82, 2.24) is 5.32 Å². The van der Waals surface area contributed by atoms with Crippen LogP contribution in [0, 0.1) is 0 Å². The third-order valence-corrected chi connectivity index (χ3v) is 4.00. The van der Waals surface area contributed by atoms with Crippen molar-refractivity contribution in [3.8, 4) is 5.75 Å². The van der Waals surface area contributed by atoms with Crippen molar-refractivity contribution in [2.75, 3.05) is 24.3 Å². The highest BCUT2D eigenvalue weighted by molar-refractivity contribution is 6.05. The Balaban J connectivity index is 1.90. The Bertz CT molecular complexity index is 980. The zero-order chi connectivity index (χ0) is 23.6. The topological polar surface area (TPSA) is 106 Å². The van der Waals surface area contributed by atoms with Crippen LogP contribution in [-0.2, 0) is 14.3 Å². The molecule has 0 aliphatic rings. The monoisotopic (exact) mass is 439 g/mol. The summed E-state index contributed by atoms with van der Waals surface area (Å²) in [6.45, 7) is 5.40. The number of nitrogens with one attached hydrogen (secondary N) is 3. The first-order valence-corrected chi connectivity index (χ1v) is 10.1. The first-order chi connectivity index (χ1) is 15.2. The van der Waals surface area contributed by atoms with Gasteiger partial charge in [0.1, 0.15) is 11.4 Å². The zero-order valence-electron chi connectivity index (χ0n) is 18.7. The van der Waals surface area contributed by atoms with Gasteiger partial charge in [-0.3, -0.25) is 9.59 Å². The fraction of sp³-hybridized carbons (Fsp3) is 0.292. The molecule has 0 radical (unpaired) electrons. The molecular weight excluding hydrogens is 410 g/mol. The van der Waals surface area contributed by atoms with E-state index < -0.39 is 11.7 Å². The third kappa shape index (κ3) is 8.91. The van der Waals surface area contributed by atoms with Gasteiger partial charge in [-0.15, -0.1) is 0 Å². The predicted molar refractivity (Wildman–Crippen MR) is 125 cm³/mol. The Labute approximate surface area is 188 Å². The minimum atomic E-state index is -0.607. The van der Waals surface area contributed by atoms with Crippen LogP contribution in [0.5, 0.6) is 5.75 Å². The van der Waals surface area contributed by atoms with Crippen molar-refractivity contribution in [3.63, 3.8) is 0 Å². The van der Waals surface area contributed by atoms with Crippen molar-refractivity contribution in [3.05, 3.63) is 60.2 Å². The van der Waals surface area contributed by atoms with Gasteiger partial charge in [-0.25, -0.2) is 4.79 Å². The Morgan fingerprint density at radius 1 is 0.969 bits per heavy atom. The van der Waals surface area contributed by atoms with Crippen LogP contribution >= 0.6 is 0 Å². The lowest BCUT2D eigenvalue weighted by Crippen LogP contribution is -2.34. The Hall–Kier alpha value is -3.81. The van der Waals surface area contributed by atoms with E-state index in [1.807, 2.05) is 24.3 Å². The molecule has 0 unspecified atom stereocenters. The molecule has 0 aliphatic carbocycles. The minimum Gasteiger partial charge on any atom is -0.497 e. The highest BCUT2D eigenvalue weighted by Gasteiger charge is 2.16. The molecule has 8 heteroatoms. The summed E-state index contributed by atoms with van der Waals surface area (Å²) in [6, 6.07) is 14.2. The number of amides is 3. The lowest BCUT2D eigenvalue weighted by Gasteiger charge is -2.19. The van der Waals surface area contributed by atoms with Gasteiger partial charge < -0.3 is 25.4 Å². The van der Waals surface area contributed by atoms with E-state index in [1.54, 1.807) is 58.2 Å². The van der Waals surface area contributed by atoms with Crippen LogP contribution in [0.2, 0.25) is 0 Å². The molecule has 0 spiro atoms. The summed E-state index contributed by atoms with van der Waals surface area (Å²) < 4.78 is 10.3. The summed E-state index contributed by atoms with van der Waals surface area (Å²) in [5.74, 6) is 0.0394. The SMILES string of the molecule is COc1cccc(/C=C/C(=O)Nc2ccccc2NC(=O)CCNC(=O)OC(C)(C)C)c1. The van der Waals surface area contributed by atoms with E-state index in [-0.39, 0.29) is 24.8 Å². The van der Waals surface area contributed by atoms with Gasteiger partial charge in [0.2, 0.25) is 11.8 Å². The molecule has 0 atom stereocenters. The number of methoxy groups -OCH3 is 1. The van der Waals surface area contributed by atoms with Crippen LogP contribution in [0.15, 0.2) is 54.6 Å². The van der Waals surface area contributed by atoms with Gasteiger partial charge in [0, 0.05) is 19.0 Å². The van der Waals surface area contributed by atoms with Gasteiger partial charge in [0.25, 0.3) is 0 Å². The number of hydrogen-bond acceptors (Lipinski definition) is 5. The van der Waals surface area contributed by atoms with E-state index >= 15 is 0 Å². The van der Waals surface area contributed by atoms with Crippen LogP contribution in [0.1, 0.15) is 32.8 Å². The van der Waals surface area contributed by atoms with Gasteiger partial charge in [-0.2, -0.15) is 0 Å². The fourth-order valence-electron chi connectivity index (χ4n) is 2.60. The van der Waals surface area contributed by atoms with Crippen LogP contribution in [0.4, 0.5) is 16.2 Å². The molecule has 32 heavy (non-hydrogen) atoms. The summed E-state index contributed by atoms with van der Waals surface area (Å²) in [5.41, 5.74) is 1.13. The molecule has 0 aromatic heterocycles. The maximum Gasteiger partial charge on any atom is 0.407 e. The summed E-state index contributed by atoms with van der Waals surface area (Å²) in [4.78, 5) is 36.2. The normalized spacial score (nSPS) is 11.0. The lowest BCUT2D eigenvalue weighted by molar-refractivity contribution is -0.116. The van der Waals surface area contributed by atoms with E-state index in [1.165, 1.54) is 6.08 Å². The molecule has 3 amide bonds. The molecule has 0 saturated carbocycles. The number of carbonyl (C=O) groups excluding carboxylic acids is 3. The molecule has 0 bridgehead atoms.